The predicted molar refractivity (Wildman–Crippen MR) is 89.5 cm³/mol. The molecule has 0 saturated carbocycles. The van der Waals surface area contributed by atoms with Crippen LogP contribution in [0, 0.1) is 19.8 Å². The first-order valence-electron chi connectivity index (χ1n) is 7.83. The Morgan fingerprint density at radius 1 is 1.22 bits per heavy atom. The molecule has 1 aliphatic rings. The first-order valence-corrected chi connectivity index (χ1v) is 9.27. The van der Waals surface area contributed by atoms with E-state index in [2.05, 4.69) is 0 Å². The second kappa shape index (κ2) is 6.98. The molecule has 1 aromatic rings. The van der Waals surface area contributed by atoms with Crippen molar-refractivity contribution in [1.82, 2.24) is 9.21 Å². The van der Waals surface area contributed by atoms with E-state index in [-0.39, 0.29) is 11.8 Å². The molecule has 1 atom stereocenters. The van der Waals surface area contributed by atoms with Gasteiger partial charge in [-0.1, -0.05) is 19.1 Å². The molecule has 0 aromatic heterocycles. The van der Waals surface area contributed by atoms with Gasteiger partial charge >= 0.3 is 0 Å². The van der Waals surface area contributed by atoms with E-state index in [9.17, 15) is 13.2 Å². The molecule has 1 aromatic carbocycles. The topological polar surface area (TPSA) is 83.7 Å². The predicted octanol–water partition coefficient (Wildman–Crippen LogP) is 0.731. The van der Waals surface area contributed by atoms with Gasteiger partial charge in [0.2, 0.25) is 15.9 Å². The number of carbonyl (C=O) groups excluding carboxylic acids is 1. The summed E-state index contributed by atoms with van der Waals surface area (Å²) in [6, 6.07) is 5.43. The fourth-order valence-electron chi connectivity index (χ4n) is 2.69. The van der Waals surface area contributed by atoms with Crippen molar-refractivity contribution in [3.05, 3.63) is 29.3 Å². The van der Waals surface area contributed by atoms with Gasteiger partial charge in [0.1, 0.15) is 0 Å². The summed E-state index contributed by atoms with van der Waals surface area (Å²) in [6.07, 6.45) is 0. The average molecular weight is 339 g/mol. The summed E-state index contributed by atoms with van der Waals surface area (Å²) in [5, 5.41) is 0. The van der Waals surface area contributed by atoms with Gasteiger partial charge in [-0.3, -0.25) is 4.79 Å². The van der Waals surface area contributed by atoms with Crippen molar-refractivity contribution in [3.63, 3.8) is 0 Å². The molecule has 23 heavy (non-hydrogen) atoms. The molecule has 0 radical (unpaired) electrons. The Kier molecular flexibility index (Phi) is 5.44. The zero-order valence-corrected chi connectivity index (χ0v) is 14.8. The van der Waals surface area contributed by atoms with E-state index in [4.69, 9.17) is 5.73 Å². The van der Waals surface area contributed by atoms with Gasteiger partial charge in [0.05, 0.1) is 4.90 Å². The van der Waals surface area contributed by atoms with E-state index < -0.39 is 10.0 Å². The van der Waals surface area contributed by atoms with E-state index in [0.29, 0.717) is 37.6 Å². The molecule has 1 heterocycles. The maximum atomic E-state index is 12.8. The SMILES string of the molecule is Cc1ccc(C)c(S(=O)(=O)N2CCN(C(=O)C(C)CN)CC2)c1. The minimum atomic E-state index is -3.52. The van der Waals surface area contributed by atoms with Crippen LogP contribution >= 0.6 is 0 Å². The van der Waals surface area contributed by atoms with Gasteiger partial charge in [0, 0.05) is 38.6 Å². The standard InChI is InChI=1S/C16H25N3O3S/c1-12-4-5-13(2)15(10-12)23(21,22)19-8-6-18(7-9-19)16(20)14(3)11-17/h4-5,10,14H,6-9,11,17H2,1-3H3. The lowest BCUT2D eigenvalue weighted by Gasteiger charge is -2.35. The Morgan fingerprint density at radius 2 is 1.83 bits per heavy atom. The Morgan fingerprint density at radius 3 is 2.39 bits per heavy atom. The third-order valence-electron chi connectivity index (χ3n) is 4.29. The highest BCUT2D eigenvalue weighted by molar-refractivity contribution is 7.89. The molecular formula is C16H25N3O3S. The number of hydrogen-bond donors (Lipinski definition) is 1. The van der Waals surface area contributed by atoms with Crippen molar-refractivity contribution in [2.45, 2.75) is 25.7 Å². The molecule has 1 fully saturated rings. The quantitative estimate of drug-likeness (QED) is 0.876. The number of nitrogens with two attached hydrogens (primary N) is 1. The van der Waals surface area contributed by atoms with E-state index in [1.807, 2.05) is 19.1 Å². The van der Waals surface area contributed by atoms with E-state index in [1.165, 1.54) is 4.31 Å². The van der Waals surface area contributed by atoms with Crippen molar-refractivity contribution in [2.24, 2.45) is 11.7 Å². The average Bonchev–Trinajstić information content (AvgIpc) is 2.55. The number of benzene rings is 1. The van der Waals surface area contributed by atoms with Crippen LogP contribution in [0.1, 0.15) is 18.1 Å². The van der Waals surface area contributed by atoms with Crippen molar-refractivity contribution in [1.29, 1.82) is 0 Å². The fourth-order valence-corrected chi connectivity index (χ4v) is 4.42. The van der Waals surface area contributed by atoms with Crippen LogP contribution in [-0.4, -0.2) is 56.3 Å². The summed E-state index contributed by atoms with van der Waals surface area (Å²) in [5.74, 6) is -0.228. The summed E-state index contributed by atoms with van der Waals surface area (Å²) >= 11 is 0. The molecule has 1 aliphatic heterocycles. The minimum Gasteiger partial charge on any atom is -0.340 e. The van der Waals surface area contributed by atoms with E-state index >= 15 is 0 Å². The highest BCUT2D eigenvalue weighted by Gasteiger charge is 2.31. The molecule has 1 amide bonds. The van der Waals surface area contributed by atoms with Crippen LogP contribution in [0.25, 0.3) is 0 Å². The highest BCUT2D eigenvalue weighted by Crippen LogP contribution is 2.22. The maximum absolute atomic E-state index is 12.8. The number of piperazine rings is 1. The number of carbonyl (C=O) groups is 1. The van der Waals surface area contributed by atoms with Crippen LogP contribution in [0.4, 0.5) is 0 Å². The zero-order chi connectivity index (χ0) is 17.2. The van der Waals surface area contributed by atoms with Crippen LogP contribution in [-0.2, 0) is 14.8 Å². The smallest absolute Gasteiger partial charge is 0.243 e. The van der Waals surface area contributed by atoms with Crippen LogP contribution in [0.2, 0.25) is 0 Å². The maximum Gasteiger partial charge on any atom is 0.243 e. The summed E-state index contributed by atoms with van der Waals surface area (Å²) in [5.41, 5.74) is 7.19. The van der Waals surface area contributed by atoms with Crippen LogP contribution in [0.15, 0.2) is 23.1 Å². The lowest BCUT2D eigenvalue weighted by Crippen LogP contribution is -2.52. The lowest BCUT2D eigenvalue weighted by molar-refractivity contribution is -0.135. The van der Waals surface area contributed by atoms with Crippen molar-refractivity contribution >= 4 is 15.9 Å². The summed E-state index contributed by atoms with van der Waals surface area (Å²) in [4.78, 5) is 14.2. The van der Waals surface area contributed by atoms with Gasteiger partial charge in [-0.2, -0.15) is 4.31 Å². The van der Waals surface area contributed by atoms with Crippen molar-refractivity contribution in [3.8, 4) is 0 Å². The van der Waals surface area contributed by atoms with Gasteiger partial charge in [-0.25, -0.2) is 8.42 Å². The second-order valence-corrected chi connectivity index (χ2v) is 8.04. The van der Waals surface area contributed by atoms with Gasteiger partial charge in [-0.05, 0) is 31.0 Å². The molecule has 128 valence electrons. The highest BCUT2D eigenvalue weighted by atomic mass is 32.2. The molecule has 1 unspecified atom stereocenters. The number of sulfonamides is 1. The van der Waals surface area contributed by atoms with E-state index in [1.54, 1.807) is 24.8 Å². The molecular weight excluding hydrogens is 314 g/mol. The van der Waals surface area contributed by atoms with Gasteiger partial charge in [0.15, 0.2) is 0 Å². The van der Waals surface area contributed by atoms with Crippen LogP contribution in [0.5, 0.6) is 0 Å². The molecule has 2 rings (SSSR count). The Labute approximate surface area is 138 Å². The van der Waals surface area contributed by atoms with E-state index in [0.717, 1.165) is 11.1 Å². The van der Waals surface area contributed by atoms with Crippen LogP contribution in [0.3, 0.4) is 0 Å². The van der Waals surface area contributed by atoms with Crippen LogP contribution < -0.4 is 5.73 Å². The molecule has 6 nitrogen and oxygen atoms in total. The molecule has 2 N–H and O–H groups in total. The molecule has 0 spiro atoms. The molecule has 0 bridgehead atoms. The largest absolute Gasteiger partial charge is 0.340 e. The Hall–Kier alpha value is -1.44. The Bertz CT molecular complexity index is 680. The monoisotopic (exact) mass is 339 g/mol. The molecule has 0 aliphatic carbocycles. The number of amides is 1. The summed E-state index contributed by atoms with van der Waals surface area (Å²) < 4.78 is 27.1. The van der Waals surface area contributed by atoms with Gasteiger partial charge in [-0.15, -0.1) is 0 Å². The third kappa shape index (κ3) is 3.73. The second-order valence-electron chi connectivity index (χ2n) is 6.14. The lowest BCUT2D eigenvalue weighted by atomic mass is 10.1. The van der Waals surface area contributed by atoms with Crippen molar-refractivity contribution in [2.75, 3.05) is 32.7 Å². The van der Waals surface area contributed by atoms with Gasteiger partial charge < -0.3 is 10.6 Å². The normalized spacial score (nSPS) is 18.0. The third-order valence-corrected chi connectivity index (χ3v) is 6.33. The minimum absolute atomic E-state index is 0.00344. The Balaban J connectivity index is 2.13. The van der Waals surface area contributed by atoms with Gasteiger partial charge in [0.25, 0.3) is 0 Å². The number of aryl methyl sites for hydroxylation is 2. The first-order chi connectivity index (χ1) is 10.8. The number of rotatable bonds is 4. The zero-order valence-electron chi connectivity index (χ0n) is 13.9. The van der Waals surface area contributed by atoms with Crippen molar-refractivity contribution < 1.29 is 13.2 Å². The molecule has 1 saturated heterocycles. The summed E-state index contributed by atoms with van der Waals surface area (Å²) in [6.45, 7) is 7.23. The fraction of sp³-hybridized carbons (Fsp3) is 0.562. The first kappa shape index (κ1) is 17.9. The molecule has 7 heteroatoms. The number of nitrogens with zero attached hydrogens (tertiary/aromatic N) is 2. The number of hydrogen-bond acceptors (Lipinski definition) is 4. The summed E-state index contributed by atoms with van der Waals surface area (Å²) in [7, 11) is -3.52.